The standard InChI is InChI=1S/C9H12N2OS/c10-5-9(12)11-7-1-2-8-6(7)3-4-13-8/h3-4,7H,1-2,5,10H2,(H,11,12). The monoisotopic (exact) mass is 196 g/mol. The van der Waals surface area contributed by atoms with Crippen molar-refractivity contribution in [1.29, 1.82) is 0 Å². The van der Waals surface area contributed by atoms with E-state index in [1.807, 2.05) is 0 Å². The zero-order valence-electron chi connectivity index (χ0n) is 7.25. The summed E-state index contributed by atoms with van der Waals surface area (Å²) in [6, 6.07) is 2.30. The van der Waals surface area contributed by atoms with Crippen molar-refractivity contribution < 1.29 is 4.79 Å². The number of amides is 1. The van der Waals surface area contributed by atoms with Crippen LogP contribution in [0.2, 0.25) is 0 Å². The molecule has 70 valence electrons. The summed E-state index contributed by atoms with van der Waals surface area (Å²) in [6.45, 7) is 0.0793. The average Bonchev–Trinajstić information content (AvgIpc) is 2.69. The topological polar surface area (TPSA) is 55.1 Å². The Labute approximate surface area is 80.9 Å². The zero-order valence-corrected chi connectivity index (χ0v) is 8.06. The number of nitrogens with one attached hydrogen (secondary N) is 1. The molecule has 13 heavy (non-hydrogen) atoms. The fraction of sp³-hybridized carbons (Fsp3) is 0.444. The minimum absolute atomic E-state index is 0.0657. The van der Waals surface area contributed by atoms with Gasteiger partial charge in [-0.3, -0.25) is 4.79 Å². The summed E-state index contributed by atoms with van der Waals surface area (Å²) in [5.74, 6) is -0.0657. The Morgan fingerprint density at radius 2 is 2.62 bits per heavy atom. The summed E-state index contributed by atoms with van der Waals surface area (Å²) in [5, 5.41) is 4.99. The second-order valence-electron chi connectivity index (χ2n) is 3.16. The van der Waals surface area contributed by atoms with Gasteiger partial charge >= 0.3 is 0 Å². The van der Waals surface area contributed by atoms with E-state index in [-0.39, 0.29) is 18.5 Å². The van der Waals surface area contributed by atoms with E-state index in [4.69, 9.17) is 5.73 Å². The first kappa shape index (κ1) is 8.72. The Morgan fingerprint density at radius 1 is 1.77 bits per heavy atom. The molecule has 0 bridgehead atoms. The van der Waals surface area contributed by atoms with Crippen molar-refractivity contribution in [3.8, 4) is 0 Å². The van der Waals surface area contributed by atoms with E-state index in [1.54, 1.807) is 11.3 Å². The Hall–Kier alpha value is -0.870. The van der Waals surface area contributed by atoms with Crippen LogP contribution in [-0.2, 0) is 11.2 Å². The van der Waals surface area contributed by atoms with Gasteiger partial charge in [0.2, 0.25) is 5.91 Å². The molecule has 1 heterocycles. The van der Waals surface area contributed by atoms with Gasteiger partial charge < -0.3 is 11.1 Å². The van der Waals surface area contributed by atoms with Gasteiger partial charge in [-0.25, -0.2) is 0 Å². The number of rotatable bonds is 2. The molecule has 0 aromatic carbocycles. The first-order valence-electron chi connectivity index (χ1n) is 4.37. The van der Waals surface area contributed by atoms with E-state index in [1.165, 1.54) is 10.4 Å². The number of hydrogen-bond donors (Lipinski definition) is 2. The molecular weight excluding hydrogens is 184 g/mol. The molecule has 1 aromatic rings. The predicted molar refractivity (Wildman–Crippen MR) is 52.6 cm³/mol. The number of thiophene rings is 1. The van der Waals surface area contributed by atoms with E-state index >= 15 is 0 Å². The molecule has 0 fully saturated rings. The summed E-state index contributed by atoms with van der Waals surface area (Å²) in [4.78, 5) is 12.5. The number of hydrogen-bond acceptors (Lipinski definition) is 3. The van der Waals surface area contributed by atoms with Crippen molar-refractivity contribution in [1.82, 2.24) is 5.32 Å². The molecule has 3 nitrogen and oxygen atoms in total. The number of nitrogens with two attached hydrogens (primary N) is 1. The summed E-state index contributed by atoms with van der Waals surface area (Å²) in [7, 11) is 0. The number of fused-ring (bicyclic) bond motifs is 1. The maximum Gasteiger partial charge on any atom is 0.234 e. The van der Waals surface area contributed by atoms with Crippen LogP contribution >= 0.6 is 11.3 Å². The maximum absolute atomic E-state index is 11.1. The second-order valence-corrected chi connectivity index (χ2v) is 4.16. The molecule has 2 rings (SSSR count). The molecule has 3 N–H and O–H groups in total. The summed E-state index contributed by atoms with van der Waals surface area (Å²) >= 11 is 1.77. The molecule has 0 radical (unpaired) electrons. The van der Waals surface area contributed by atoms with E-state index in [2.05, 4.69) is 16.8 Å². The molecule has 0 saturated carbocycles. The molecule has 1 unspecified atom stereocenters. The van der Waals surface area contributed by atoms with Crippen LogP contribution in [0.5, 0.6) is 0 Å². The fourth-order valence-electron chi connectivity index (χ4n) is 1.70. The Kier molecular flexibility index (Phi) is 2.33. The van der Waals surface area contributed by atoms with Gasteiger partial charge in [0.15, 0.2) is 0 Å². The van der Waals surface area contributed by atoms with Crippen molar-refractivity contribution in [3.63, 3.8) is 0 Å². The van der Waals surface area contributed by atoms with Crippen LogP contribution in [0, 0.1) is 0 Å². The van der Waals surface area contributed by atoms with Crippen LogP contribution in [0.3, 0.4) is 0 Å². The summed E-state index contributed by atoms with van der Waals surface area (Å²) < 4.78 is 0. The highest BCUT2D eigenvalue weighted by Crippen LogP contribution is 2.34. The van der Waals surface area contributed by atoms with Gasteiger partial charge in [-0.15, -0.1) is 11.3 Å². The maximum atomic E-state index is 11.1. The van der Waals surface area contributed by atoms with E-state index in [0.29, 0.717) is 0 Å². The molecule has 1 amide bonds. The lowest BCUT2D eigenvalue weighted by molar-refractivity contribution is -0.120. The van der Waals surface area contributed by atoms with Gasteiger partial charge in [0.05, 0.1) is 12.6 Å². The lowest BCUT2D eigenvalue weighted by Gasteiger charge is -2.11. The molecule has 1 atom stereocenters. The third-order valence-electron chi connectivity index (χ3n) is 2.34. The lowest BCUT2D eigenvalue weighted by Crippen LogP contribution is -2.32. The molecular formula is C9H12N2OS. The van der Waals surface area contributed by atoms with Crippen molar-refractivity contribution in [2.24, 2.45) is 5.73 Å². The SMILES string of the molecule is NCC(=O)NC1CCc2sccc21. The van der Waals surface area contributed by atoms with Crippen molar-refractivity contribution >= 4 is 17.2 Å². The largest absolute Gasteiger partial charge is 0.348 e. The number of carbonyl (C=O) groups is 1. The van der Waals surface area contributed by atoms with Crippen molar-refractivity contribution in [2.45, 2.75) is 18.9 Å². The van der Waals surface area contributed by atoms with Crippen molar-refractivity contribution in [2.75, 3.05) is 6.54 Å². The molecule has 1 aromatic heterocycles. The van der Waals surface area contributed by atoms with Gasteiger partial charge in [-0.05, 0) is 29.9 Å². The van der Waals surface area contributed by atoms with E-state index in [9.17, 15) is 4.79 Å². The van der Waals surface area contributed by atoms with Crippen LogP contribution in [-0.4, -0.2) is 12.5 Å². The molecule has 1 aliphatic rings. The van der Waals surface area contributed by atoms with Crippen LogP contribution in [0.4, 0.5) is 0 Å². The van der Waals surface area contributed by atoms with Gasteiger partial charge in [0.1, 0.15) is 0 Å². The highest BCUT2D eigenvalue weighted by Gasteiger charge is 2.24. The highest BCUT2D eigenvalue weighted by molar-refractivity contribution is 7.10. The molecule has 0 saturated heterocycles. The molecule has 1 aliphatic carbocycles. The Bertz CT molecular complexity index is 321. The second kappa shape index (κ2) is 3.47. The minimum atomic E-state index is -0.0657. The van der Waals surface area contributed by atoms with Gasteiger partial charge in [0, 0.05) is 4.88 Å². The first-order chi connectivity index (χ1) is 6.31. The smallest absolute Gasteiger partial charge is 0.234 e. The molecule has 0 aliphatic heterocycles. The van der Waals surface area contributed by atoms with E-state index in [0.717, 1.165) is 12.8 Å². The van der Waals surface area contributed by atoms with Gasteiger partial charge in [-0.1, -0.05) is 0 Å². The van der Waals surface area contributed by atoms with Crippen LogP contribution < -0.4 is 11.1 Å². The van der Waals surface area contributed by atoms with Crippen LogP contribution in [0.1, 0.15) is 22.9 Å². The minimum Gasteiger partial charge on any atom is -0.348 e. The van der Waals surface area contributed by atoms with Crippen molar-refractivity contribution in [3.05, 3.63) is 21.9 Å². The average molecular weight is 196 g/mol. The van der Waals surface area contributed by atoms with Crippen LogP contribution in [0.15, 0.2) is 11.4 Å². The highest BCUT2D eigenvalue weighted by atomic mass is 32.1. The zero-order chi connectivity index (χ0) is 9.26. The van der Waals surface area contributed by atoms with Gasteiger partial charge in [-0.2, -0.15) is 0 Å². The Balaban J connectivity index is 2.08. The van der Waals surface area contributed by atoms with Gasteiger partial charge in [0.25, 0.3) is 0 Å². The summed E-state index contributed by atoms with van der Waals surface area (Å²) in [5.41, 5.74) is 6.52. The van der Waals surface area contributed by atoms with E-state index < -0.39 is 0 Å². The Morgan fingerprint density at radius 3 is 3.38 bits per heavy atom. The van der Waals surface area contributed by atoms with Crippen LogP contribution in [0.25, 0.3) is 0 Å². The lowest BCUT2D eigenvalue weighted by atomic mass is 10.2. The fourth-order valence-corrected chi connectivity index (χ4v) is 2.66. The molecule has 0 spiro atoms. The molecule has 4 heteroatoms. The number of aryl methyl sites for hydroxylation is 1. The predicted octanol–water partition coefficient (Wildman–Crippen LogP) is 0.810. The third-order valence-corrected chi connectivity index (χ3v) is 3.33. The normalized spacial score (nSPS) is 19.9. The number of carbonyl (C=O) groups excluding carboxylic acids is 1. The summed E-state index contributed by atoms with van der Waals surface area (Å²) in [6.07, 6.45) is 2.11. The first-order valence-corrected chi connectivity index (χ1v) is 5.25. The quantitative estimate of drug-likeness (QED) is 0.735. The third kappa shape index (κ3) is 1.59.